The van der Waals surface area contributed by atoms with Crippen molar-refractivity contribution in [3.63, 3.8) is 0 Å². The highest BCUT2D eigenvalue weighted by Crippen LogP contribution is 2.22. The van der Waals surface area contributed by atoms with Crippen LogP contribution in [0.3, 0.4) is 0 Å². The second-order valence-corrected chi connectivity index (χ2v) is 6.22. The predicted octanol–water partition coefficient (Wildman–Crippen LogP) is 5.28. The SMILES string of the molecule is CC(C)COc1cccc(NC(=O)c2cc(Cl)cc(Cl)c2)c1. The van der Waals surface area contributed by atoms with Gasteiger partial charge < -0.3 is 10.1 Å². The highest BCUT2D eigenvalue weighted by Gasteiger charge is 2.09. The number of nitrogens with one attached hydrogen (secondary N) is 1. The number of hydrogen-bond acceptors (Lipinski definition) is 2. The smallest absolute Gasteiger partial charge is 0.255 e. The third kappa shape index (κ3) is 4.93. The molecule has 116 valence electrons. The second-order valence-electron chi connectivity index (χ2n) is 5.34. The lowest BCUT2D eigenvalue weighted by Crippen LogP contribution is -2.12. The Kier molecular flexibility index (Phi) is 5.69. The first-order chi connectivity index (χ1) is 10.4. The maximum absolute atomic E-state index is 12.2. The van der Waals surface area contributed by atoms with Crippen LogP contribution in [0.2, 0.25) is 10.0 Å². The van der Waals surface area contributed by atoms with E-state index in [2.05, 4.69) is 19.2 Å². The fourth-order valence-electron chi connectivity index (χ4n) is 1.81. The van der Waals surface area contributed by atoms with Crippen molar-refractivity contribution >= 4 is 34.8 Å². The molecule has 0 unspecified atom stereocenters. The van der Waals surface area contributed by atoms with Crippen LogP contribution in [0.1, 0.15) is 24.2 Å². The summed E-state index contributed by atoms with van der Waals surface area (Å²) in [6, 6.07) is 12.0. The highest BCUT2D eigenvalue weighted by atomic mass is 35.5. The molecule has 2 aromatic rings. The number of hydrogen-bond donors (Lipinski definition) is 1. The van der Waals surface area contributed by atoms with Crippen molar-refractivity contribution in [2.24, 2.45) is 5.92 Å². The van der Waals surface area contributed by atoms with Gasteiger partial charge in [0.2, 0.25) is 0 Å². The Morgan fingerprint density at radius 1 is 1.14 bits per heavy atom. The lowest BCUT2D eigenvalue weighted by Gasteiger charge is -2.11. The average Bonchev–Trinajstić information content (AvgIpc) is 2.44. The van der Waals surface area contributed by atoms with Crippen LogP contribution < -0.4 is 10.1 Å². The molecule has 0 aliphatic heterocycles. The van der Waals surface area contributed by atoms with Crippen LogP contribution in [-0.4, -0.2) is 12.5 Å². The predicted molar refractivity (Wildman–Crippen MR) is 91.2 cm³/mol. The summed E-state index contributed by atoms with van der Waals surface area (Å²) in [4.78, 5) is 12.2. The Balaban J connectivity index is 2.09. The number of ether oxygens (including phenoxy) is 1. The Morgan fingerprint density at radius 2 is 1.82 bits per heavy atom. The summed E-state index contributed by atoms with van der Waals surface area (Å²) in [5.41, 5.74) is 1.06. The number of anilines is 1. The van der Waals surface area contributed by atoms with Crippen molar-refractivity contribution in [2.45, 2.75) is 13.8 Å². The molecule has 1 amide bonds. The van der Waals surface area contributed by atoms with Crippen LogP contribution in [0.5, 0.6) is 5.75 Å². The number of benzene rings is 2. The van der Waals surface area contributed by atoms with Gasteiger partial charge in [0.05, 0.1) is 6.61 Å². The van der Waals surface area contributed by atoms with Gasteiger partial charge in [-0.05, 0) is 36.2 Å². The van der Waals surface area contributed by atoms with Crippen LogP contribution in [0.15, 0.2) is 42.5 Å². The molecule has 0 fully saturated rings. The van der Waals surface area contributed by atoms with Crippen molar-refractivity contribution < 1.29 is 9.53 Å². The van der Waals surface area contributed by atoms with Crippen LogP contribution >= 0.6 is 23.2 Å². The Labute approximate surface area is 140 Å². The molecule has 0 spiro atoms. The van der Waals surface area contributed by atoms with Gasteiger partial charge in [-0.1, -0.05) is 43.1 Å². The summed E-state index contributed by atoms with van der Waals surface area (Å²) in [6.45, 7) is 4.78. The zero-order valence-electron chi connectivity index (χ0n) is 12.4. The second kappa shape index (κ2) is 7.52. The maximum atomic E-state index is 12.2. The minimum atomic E-state index is -0.273. The Morgan fingerprint density at radius 3 is 2.45 bits per heavy atom. The summed E-state index contributed by atoms with van der Waals surface area (Å²) in [6.07, 6.45) is 0. The van der Waals surface area contributed by atoms with Gasteiger partial charge in [0.15, 0.2) is 0 Å². The zero-order chi connectivity index (χ0) is 16.1. The van der Waals surface area contributed by atoms with E-state index < -0.39 is 0 Å². The molecule has 3 nitrogen and oxygen atoms in total. The van der Waals surface area contributed by atoms with E-state index in [1.807, 2.05) is 12.1 Å². The van der Waals surface area contributed by atoms with E-state index in [-0.39, 0.29) is 5.91 Å². The molecule has 0 aromatic heterocycles. The first kappa shape index (κ1) is 16.7. The molecule has 2 aromatic carbocycles. The fourth-order valence-corrected chi connectivity index (χ4v) is 2.34. The van der Waals surface area contributed by atoms with Crippen molar-refractivity contribution in [3.05, 3.63) is 58.1 Å². The molecular weight excluding hydrogens is 321 g/mol. The van der Waals surface area contributed by atoms with Gasteiger partial charge in [0, 0.05) is 27.4 Å². The molecular formula is C17H17Cl2NO2. The molecule has 2 rings (SSSR count). The van der Waals surface area contributed by atoms with E-state index in [4.69, 9.17) is 27.9 Å². The summed E-state index contributed by atoms with van der Waals surface area (Å²) >= 11 is 11.8. The van der Waals surface area contributed by atoms with Crippen molar-refractivity contribution in [1.82, 2.24) is 0 Å². The van der Waals surface area contributed by atoms with Crippen molar-refractivity contribution in [1.29, 1.82) is 0 Å². The van der Waals surface area contributed by atoms with E-state index in [0.717, 1.165) is 5.75 Å². The highest BCUT2D eigenvalue weighted by molar-refractivity contribution is 6.35. The third-order valence-corrected chi connectivity index (χ3v) is 3.24. The first-order valence-electron chi connectivity index (χ1n) is 6.94. The van der Waals surface area contributed by atoms with E-state index >= 15 is 0 Å². The van der Waals surface area contributed by atoms with Crippen LogP contribution in [0, 0.1) is 5.92 Å². The van der Waals surface area contributed by atoms with Crippen molar-refractivity contribution in [2.75, 3.05) is 11.9 Å². The molecule has 0 aliphatic carbocycles. The number of rotatable bonds is 5. The number of carbonyl (C=O) groups excluding carboxylic acids is 1. The van der Waals surface area contributed by atoms with E-state index in [9.17, 15) is 4.79 Å². The first-order valence-corrected chi connectivity index (χ1v) is 7.70. The zero-order valence-corrected chi connectivity index (χ0v) is 13.9. The molecule has 0 aliphatic rings. The maximum Gasteiger partial charge on any atom is 0.255 e. The lowest BCUT2D eigenvalue weighted by atomic mass is 10.2. The summed E-state index contributed by atoms with van der Waals surface area (Å²) < 4.78 is 5.64. The Hall–Kier alpha value is -1.71. The van der Waals surface area contributed by atoms with Crippen LogP contribution in [0.4, 0.5) is 5.69 Å². The molecule has 0 saturated heterocycles. The minimum Gasteiger partial charge on any atom is -0.493 e. The largest absolute Gasteiger partial charge is 0.493 e. The molecule has 0 radical (unpaired) electrons. The van der Waals surface area contributed by atoms with Gasteiger partial charge in [-0.2, -0.15) is 0 Å². The number of halogens is 2. The molecule has 1 N–H and O–H groups in total. The summed E-state index contributed by atoms with van der Waals surface area (Å²) in [7, 11) is 0. The van der Waals surface area contributed by atoms with E-state index in [1.165, 1.54) is 0 Å². The average molecular weight is 338 g/mol. The van der Waals surface area contributed by atoms with E-state index in [0.29, 0.717) is 33.8 Å². The van der Waals surface area contributed by atoms with Gasteiger partial charge in [0.25, 0.3) is 5.91 Å². The molecule has 0 bridgehead atoms. The minimum absolute atomic E-state index is 0.273. The molecule has 0 heterocycles. The Bertz CT molecular complexity index is 651. The van der Waals surface area contributed by atoms with Crippen LogP contribution in [0.25, 0.3) is 0 Å². The van der Waals surface area contributed by atoms with E-state index in [1.54, 1.807) is 30.3 Å². The van der Waals surface area contributed by atoms with Gasteiger partial charge in [-0.25, -0.2) is 0 Å². The number of amides is 1. The topological polar surface area (TPSA) is 38.3 Å². The third-order valence-electron chi connectivity index (χ3n) is 2.80. The van der Waals surface area contributed by atoms with Gasteiger partial charge >= 0.3 is 0 Å². The van der Waals surface area contributed by atoms with Crippen molar-refractivity contribution in [3.8, 4) is 5.75 Å². The normalized spacial score (nSPS) is 10.6. The molecule has 0 atom stereocenters. The fraction of sp³-hybridized carbons (Fsp3) is 0.235. The van der Waals surface area contributed by atoms with Gasteiger partial charge in [0.1, 0.15) is 5.75 Å². The standard InChI is InChI=1S/C17H17Cl2NO2/c1-11(2)10-22-16-5-3-4-15(9-16)20-17(21)12-6-13(18)8-14(19)7-12/h3-9,11H,10H2,1-2H3,(H,20,21). The molecule has 5 heteroatoms. The summed E-state index contributed by atoms with van der Waals surface area (Å²) in [5.74, 6) is 0.882. The van der Waals surface area contributed by atoms with Gasteiger partial charge in [-0.15, -0.1) is 0 Å². The number of carbonyl (C=O) groups is 1. The monoisotopic (exact) mass is 337 g/mol. The lowest BCUT2D eigenvalue weighted by molar-refractivity contribution is 0.102. The van der Waals surface area contributed by atoms with Crippen LogP contribution in [-0.2, 0) is 0 Å². The summed E-state index contributed by atoms with van der Waals surface area (Å²) in [5, 5.41) is 3.65. The quantitative estimate of drug-likeness (QED) is 0.805. The van der Waals surface area contributed by atoms with Gasteiger partial charge in [-0.3, -0.25) is 4.79 Å². The molecule has 22 heavy (non-hydrogen) atoms. The molecule has 0 saturated carbocycles.